The third-order valence-corrected chi connectivity index (χ3v) is 5.32. The van der Waals surface area contributed by atoms with Crippen LogP contribution in [0.1, 0.15) is 16.8 Å². The molecule has 0 aliphatic heterocycles. The lowest BCUT2D eigenvalue weighted by Gasteiger charge is -2.26. The van der Waals surface area contributed by atoms with Crippen molar-refractivity contribution in [3.63, 3.8) is 0 Å². The summed E-state index contributed by atoms with van der Waals surface area (Å²) in [5.74, 6) is 2.57. The first kappa shape index (κ1) is 24.4. The molecular weight excluding hydrogens is 440 g/mol. The topological polar surface area (TPSA) is 122 Å². The number of hydrogen-bond donors (Lipinski definition) is 1. The first-order chi connectivity index (χ1) is 16.3. The zero-order chi connectivity index (χ0) is 24.8. The molecule has 0 amide bonds. The molecule has 1 aromatic heterocycles. The van der Waals surface area contributed by atoms with E-state index in [1.165, 1.54) is 6.07 Å². The number of benzene rings is 2. The van der Waals surface area contributed by atoms with Gasteiger partial charge in [0.05, 0.1) is 33.4 Å². The van der Waals surface area contributed by atoms with Crippen LogP contribution in [0, 0.1) is 17.0 Å². The van der Waals surface area contributed by atoms with Crippen LogP contribution >= 0.6 is 0 Å². The third kappa shape index (κ3) is 5.22. The number of nitrogens with zero attached hydrogens (tertiary/aromatic N) is 3. The summed E-state index contributed by atoms with van der Waals surface area (Å²) in [6.07, 6.45) is 0. The van der Waals surface area contributed by atoms with Gasteiger partial charge >= 0.3 is 5.69 Å². The fraction of sp³-hybridized carbons (Fsp3) is 0.292. The Morgan fingerprint density at radius 3 is 1.79 bits per heavy atom. The second-order valence-corrected chi connectivity index (χ2v) is 7.49. The number of nitro groups is 1. The number of nitrogen functional groups attached to an aromatic ring is 1. The Morgan fingerprint density at radius 1 is 0.882 bits per heavy atom. The predicted molar refractivity (Wildman–Crippen MR) is 129 cm³/mol. The molecule has 10 heteroatoms. The molecule has 0 bridgehead atoms. The summed E-state index contributed by atoms with van der Waals surface area (Å²) in [6, 6.07) is 12.3. The van der Waals surface area contributed by atoms with Crippen molar-refractivity contribution >= 4 is 17.2 Å². The summed E-state index contributed by atoms with van der Waals surface area (Å²) < 4.78 is 21.7. The monoisotopic (exact) mass is 468 g/mol. The molecule has 3 aromatic rings. The Balaban J connectivity index is 2.15. The highest BCUT2D eigenvalue weighted by Gasteiger charge is 2.27. The van der Waals surface area contributed by atoms with E-state index in [0.29, 0.717) is 28.7 Å². The van der Waals surface area contributed by atoms with E-state index in [9.17, 15) is 10.1 Å². The number of ether oxygens (including phenoxy) is 4. The summed E-state index contributed by atoms with van der Waals surface area (Å²) in [5, 5.41) is 12.0. The molecule has 0 fully saturated rings. The van der Waals surface area contributed by atoms with E-state index in [1.54, 1.807) is 64.5 Å². The van der Waals surface area contributed by atoms with Crippen LogP contribution in [-0.2, 0) is 13.1 Å². The molecular formula is C24H28N4O6. The van der Waals surface area contributed by atoms with E-state index < -0.39 is 4.92 Å². The molecule has 1 heterocycles. The van der Waals surface area contributed by atoms with Crippen LogP contribution in [0.3, 0.4) is 0 Å². The molecule has 10 nitrogen and oxygen atoms in total. The highest BCUT2D eigenvalue weighted by molar-refractivity contribution is 5.73. The number of methoxy groups -OCH3 is 4. The minimum Gasteiger partial charge on any atom is -0.497 e. The summed E-state index contributed by atoms with van der Waals surface area (Å²) in [6.45, 7) is 2.24. The molecule has 0 aliphatic rings. The van der Waals surface area contributed by atoms with Gasteiger partial charge < -0.3 is 29.6 Å². The Bertz CT molecular complexity index is 1130. The third-order valence-electron chi connectivity index (χ3n) is 5.32. The van der Waals surface area contributed by atoms with Crippen LogP contribution in [-0.4, -0.2) is 38.3 Å². The lowest BCUT2D eigenvalue weighted by Crippen LogP contribution is -2.25. The average Bonchev–Trinajstić information content (AvgIpc) is 2.83. The maximum Gasteiger partial charge on any atom is 0.334 e. The maximum atomic E-state index is 12.0. The highest BCUT2D eigenvalue weighted by atomic mass is 16.6. The van der Waals surface area contributed by atoms with Crippen LogP contribution in [0.2, 0.25) is 0 Å². The van der Waals surface area contributed by atoms with Crippen LogP contribution in [0.5, 0.6) is 23.0 Å². The molecule has 0 spiro atoms. The molecule has 0 aliphatic carbocycles. The minimum absolute atomic E-state index is 0.0425. The van der Waals surface area contributed by atoms with Crippen molar-refractivity contribution in [1.82, 2.24) is 4.98 Å². The van der Waals surface area contributed by atoms with Gasteiger partial charge in [0.2, 0.25) is 5.82 Å². The number of aromatic nitrogens is 1. The van der Waals surface area contributed by atoms with Gasteiger partial charge in [0, 0.05) is 42.0 Å². The number of pyridine rings is 1. The van der Waals surface area contributed by atoms with E-state index in [4.69, 9.17) is 24.7 Å². The van der Waals surface area contributed by atoms with Gasteiger partial charge in [-0.3, -0.25) is 10.1 Å². The van der Waals surface area contributed by atoms with Crippen molar-refractivity contribution in [2.75, 3.05) is 39.1 Å². The average molecular weight is 469 g/mol. The standard InChI is InChI=1S/C24H28N4O6/c1-15-10-20(25)23(28(29)30)24(26-15)27(13-16-6-8-18(31-2)11-21(16)33-4)14-17-7-9-19(32-3)12-22(17)34-5/h6-12H,13-14H2,1-5H3,(H2,25,26). The second kappa shape index (κ2) is 10.6. The second-order valence-electron chi connectivity index (χ2n) is 7.49. The molecule has 0 saturated carbocycles. The Labute approximate surface area is 198 Å². The van der Waals surface area contributed by atoms with E-state index in [2.05, 4.69) is 4.98 Å². The summed E-state index contributed by atoms with van der Waals surface area (Å²) in [5.41, 5.74) is 7.96. The lowest BCUT2D eigenvalue weighted by atomic mass is 10.1. The van der Waals surface area contributed by atoms with Gasteiger partial charge in [-0.15, -0.1) is 0 Å². The Kier molecular flexibility index (Phi) is 7.62. The van der Waals surface area contributed by atoms with Gasteiger partial charge in [-0.2, -0.15) is 0 Å². The SMILES string of the molecule is COc1ccc(CN(Cc2ccc(OC)cc2OC)c2nc(C)cc(N)c2[N+](=O)[O-])c(OC)c1. The Morgan fingerprint density at radius 2 is 1.38 bits per heavy atom. The molecule has 2 N–H and O–H groups in total. The smallest absolute Gasteiger partial charge is 0.334 e. The van der Waals surface area contributed by atoms with Crippen LogP contribution in [0.25, 0.3) is 0 Å². The van der Waals surface area contributed by atoms with E-state index in [-0.39, 0.29) is 30.3 Å². The fourth-order valence-electron chi connectivity index (χ4n) is 3.66. The summed E-state index contributed by atoms with van der Waals surface area (Å²) in [4.78, 5) is 17.7. The van der Waals surface area contributed by atoms with Crippen molar-refractivity contribution in [1.29, 1.82) is 0 Å². The highest BCUT2D eigenvalue weighted by Crippen LogP contribution is 2.37. The zero-order valence-corrected chi connectivity index (χ0v) is 19.8. The number of hydrogen-bond acceptors (Lipinski definition) is 9. The maximum absolute atomic E-state index is 12.0. The van der Waals surface area contributed by atoms with Crippen molar-refractivity contribution in [2.24, 2.45) is 0 Å². The van der Waals surface area contributed by atoms with Crippen molar-refractivity contribution in [3.8, 4) is 23.0 Å². The molecule has 0 saturated heterocycles. The summed E-state index contributed by atoms with van der Waals surface area (Å²) >= 11 is 0. The van der Waals surface area contributed by atoms with Gasteiger partial charge in [-0.25, -0.2) is 4.98 Å². The van der Waals surface area contributed by atoms with E-state index >= 15 is 0 Å². The van der Waals surface area contributed by atoms with E-state index in [1.807, 2.05) is 12.1 Å². The first-order valence-corrected chi connectivity index (χ1v) is 10.4. The summed E-state index contributed by atoms with van der Waals surface area (Å²) in [7, 11) is 6.25. The molecule has 34 heavy (non-hydrogen) atoms. The van der Waals surface area contributed by atoms with Gasteiger partial charge in [-0.05, 0) is 37.3 Å². The van der Waals surface area contributed by atoms with Crippen LogP contribution in [0.4, 0.5) is 17.2 Å². The van der Waals surface area contributed by atoms with Gasteiger partial charge in [0.1, 0.15) is 28.7 Å². The van der Waals surface area contributed by atoms with Crippen LogP contribution < -0.4 is 29.6 Å². The van der Waals surface area contributed by atoms with Crippen molar-refractivity contribution in [2.45, 2.75) is 20.0 Å². The molecule has 0 unspecified atom stereocenters. The first-order valence-electron chi connectivity index (χ1n) is 10.4. The van der Waals surface area contributed by atoms with Crippen molar-refractivity contribution in [3.05, 3.63) is 69.4 Å². The normalized spacial score (nSPS) is 10.5. The number of rotatable bonds is 10. The molecule has 3 rings (SSSR count). The molecule has 2 aromatic carbocycles. The lowest BCUT2D eigenvalue weighted by molar-refractivity contribution is -0.383. The number of nitrogens with two attached hydrogens (primary N) is 1. The van der Waals surface area contributed by atoms with Gasteiger partial charge in [0.15, 0.2) is 0 Å². The van der Waals surface area contributed by atoms with Gasteiger partial charge in [-0.1, -0.05) is 0 Å². The number of anilines is 2. The molecule has 0 radical (unpaired) electrons. The predicted octanol–water partition coefficient (Wildman–Crippen LogP) is 4.12. The minimum atomic E-state index is -0.513. The fourth-order valence-corrected chi connectivity index (χ4v) is 3.66. The molecule has 180 valence electrons. The largest absolute Gasteiger partial charge is 0.497 e. The zero-order valence-electron chi connectivity index (χ0n) is 19.8. The van der Waals surface area contributed by atoms with Gasteiger partial charge in [0.25, 0.3) is 0 Å². The van der Waals surface area contributed by atoms with Crippen molar-refractivity contribution < 1.29 is 23.9 Å². The number of aryl methyl sites for hydroxylation is 1. The van der Waals surface area contributed by atoms with E-state index in [0.717, 1.165) is 11.1 Å². The van der Waals surface area contributed by atoms with Crippen LogP contribution in [0.15, 0.2) is 42.5 Å². The Hall–Kier alpha value is -4.21. The quantitative estimate of drug-likeness (QED) is 0.346. The molecule has 0 atom stereocenters.